The molecule has 0 N–H and O–H groups in total. The highest BCUT2D eigenvalue weighted by atomic mass is 79.9. The molecule has 0 bridgehead atoms. The minimum absolute atomic E-state index is 0.0987. The molecule has 0 heterocycles. The Hall–Kier alpha value is -1.73. The third kappa shape index (κ3) is 3.68. The van der Waals surface area contributed by atoms with E-state index in [-0.39, 0.29) is 27.5 Å². The van der Waals surface area contributed by atoms with Crippen LogP contribution >= 0.6 is 27.5 Å². The van der Waals surface area contributed by atoms with E-state index in [1.165, 1.54) is 18.2 Å². The van der Waals surface area contributed by atoms with Crippen LogP contribution < -0.4 is 4.74 Å². The van der Waals surface area contributed by atoms with Crippen LogP contribution in [0.25, 0.3) is 0 Å². The molecule has 4 nitrogen and oxygen atoms in total. The standard InChI is InChI=1S/C13H7BrClF2NO3/c14-10-4-8(16)5-12(17)13(10)21-6-7-3-9(18(19)20)1-2-11(7)15/h1-5H,6H2. The molecule has 0 aliphatic rings. The summed E-state index contributed by atoms with van der Waals surface area (Å²) in [5.74, 6) is -1.83. The fourth-order valence-corrected chi connectivity index (χ4v) is 2.30. The van der Waals surface area contributed by atoms with Crippen LogP contribution in [0, 0.1) is 21.7 Å². The van der Waals surface area contributed by atoms with Crippen LogP contribution in [0.2, 0.25) is 5.02 Å². The van der Waals surface area contributed by atoms with Gasteiger partial charge in [-0.15, -0.1) is 0 Å². The van der Waals surface area contributed by atoms with E-state index in [9.17, 15) is 18.9 Å². The molecule has 2 aromatic carbocycles. The molecule has 110 valence electrons. The highest BCUT2D eigenvalue weighted by Crippen LogP contribution is 2.31. The van der Waals surface area contributed by atoms with Crippen LogP contribution in [0.3, 0.4) is 0 Å². The second-order valence-electron chi connectivity index (χ2n) is 4.02. The van der Waals surface area contributed by atoms with Crippen molar-refractivity contribution in [3.8, 4) is 5.75 Å². The Morgan fingerprint density at radius 1 is 1.29 bits per heavy atom. The molecule has 2 aromatic rings. The monoisotopic (exact) mass is 377 g/mol. The van der Waals surface area contributed by atoms with Gasteiger partial charge < -0.3 is 4.74 Å². The number of rotatable bonds is 4. The first kappa shape index (κ1) is 15.7. The Morgan fingerprint density at radius 3 is 2.62 bits per heavy atom. The normalized spacial score (nSPS) is 10.5. The molecule has 0 spiro atoms. The quantitative estimate of drug-likeness (QED) is 0.563. The van der Waals surface area contributed by atoms with Gasteiger partial charge in [0.2, 0.25) is 0 Å². The van der Waals surface area contributed by atoms with Crippen molar-refractivity contribution in [3.63, 3.8) is 0 Å². The average Bonchev–Trinajstić information content (AvgIpc) is 2.39. The lowest BCUT2D eigenvalue weighted by Crippen LogP contribution is -2.00. The molecule has 21 heavy (non-hydrogen) atoms. The fraction of sp³-hybridized carbons (Fsp3) is 0.0769. The molecule has 0 atom stereocenters. The lowest BCUT2D eigenvalue weighted by molar-refractivity contribution is -0.384. The van der Waals surface area contributed by atoms with Gasteiger partial charge in [0, 0.05) is 28.8 Å². The number of hydrogen-bond acceptors (Lipinski definition) is 3. The minimum atomic E-state index is -0.886. The second kappa shape index (κ2) is 6.36. The largest absolute Gasteiger partial charge is 0.485 e. The first-order chi connectivity index (χ1) is 9.88. The summed E-state index contributed by atoms with van der Waals surface area (Å²) in [6.07, 6.45) is 0. The van der Waals surface area contributed by atoms with Gasteiger partial charge in [-0.05, 0) is 28.1 Å². The second-order valence-corrected chi connectivity index (χ2v) is 5.28. The third-order valence-corrected chi connectivity index (χ3v) is 3.53. The van der Waals surface area contributed by atoms with Gasteiger partial charge in [-0.2, -0.15) is 0 Å². The van der Waals surface area contributed by atoms with Crippen molar-refractivity contribution < 1.29 is 18.4 Å². The summed E-state index contributed by atoms with van der Waals surface area (Å²) in [5.41, 5.74) is 0.165. The highest BCUT2D eigenvalue weighted by Gasteiger charge is 2.14. The Bertz CT molecular complexity index is 689. The van der Waals surface area contributed by atoms with Crippen LogP contribution in [0.15, 0.2) is 34.8 Å². The zero-order valence-corrected chi connectivity index (χ0v) is 12.6. The maximum absolute atomic E-state index is 13.6. The Labute approximate surface area is 131 Å². The van der Waals surface area contributed by atoms with Gasteiger partial charge in [-0.3, -0.25) is 10.1 Å². The van der Waals surface area contributed by atoms with Crippen molar-refractivity contribution in [1.82, 2.24) is 0 Å². The van der Waals surface area contributed by atoms with E-state index in [4.69, 9.17) is 16.3 Å². The van der Waals surface area contributed by atoms with Crippen molar-refractivity contribution in [2.75, 3.05) is 0 Å². The maximum Gasteiger partial charge on any atom is 0.269 e. The molecule has 0 fully saturated rings. The van der Waals surface area contributed by atoms with E-state index in [0.29, 0.717) is 11.6 Å². The molecule has 0 saturated heterocycles. The topological polar surface area (TPSA) is 52.4 Å². The van der Waals surface area contributed by atoms with Gasteiger partial charge in [0.05, 0.1) is 9.40 Å². The molecular weight excluding hydrogens is 372 g/mol. The molecule has 0 unspecified atom stereocenters. The first-order valence-electron chi connectivity index (χ1n) is 5.58. The molecule has 0 saturated carbocycles. The summed E-state index contributed by atoms with van der Waals surface area (Å²) in [6, 6.07) is 5.56. The van der Waals surface area contributed by atoms with Gasteiger partial charge in [0.15, 0.2) is 11.6 Å². The molecule has 0 aliphatic carbocycles. The van der Waals surface area contributed by atoms with Crippen LogP contribution in [0.1, 0.15) is 5.56 Å². The Morgan fingerprint density at radius 2 is 2.00 bits per heavy atom. The molecule has 0 radical (unpaired) electrons. The zero-order chi connectivity index (χ0) is 15.6. The van der Waals surface area contributed by atoms with Crippen LogP contribution in [0.5, 0.6) is 5.75 Å². The number of benzene rings is 2. The van der Waals surface area contributed by atoms with E-state index in [2.05, 4.69) is 15.9 Å². The van der Waals surface area contributed by atoms with E-state index in [1.54, 1.807) is 0 Å². The zero-order valence-electron chi connectivity index (χ0n) is 10.3. The van der Waals surface area contributed by atoms with Crippen molar-refractivity contribution in [2.24, 2.45) is 0 Å². The van der Waals surface area contributed by atoms with E-state index in [1.807, 2.05) is 0 Å². The van der Waals surface area contributed by atoms with Gasteiger partial charge in [0.1, 0.15) is 12.4 Å². The molecule has 0 amide bonds. The van der Waals surface area contributed by atoms with Gasteiger partial charge in [-0.1, -0.05) is 11.6 Å². The fourth-order valence-electron chi connectivity index (χ4n) is 1.60. The number of nitrogens with zero attached hydrogens (tertiary/aromatic N) is 1. The lowest BCUT2D eigenvalue weighted by Gasteiger charge is -2.10. The first-order valence-corrected chi connectivity index (χ1v) is 6.75. The SMILES string of the molecule is O=[N+]([O-])c1ccc(Cl)c(COc2c(F)cc(F)cc2Br)c1. The molecule has 0 aliphatic heterocycles. The average molecular weight is 379 g/mol. The van der Waals surface area contributed by atoms with E-state index in [0.717, 1.165) is 6.07 Å². The number of nitro groups is 1. The molecule has 2 rings (SSSR count). The number of nitro benzene ring substituents is 1. The molecule has 0 aromatic heterocycles. The summed E-state index contributed by atoms with van der Waals surface area (Å²) in [7, 11) is 0. The van der Waals surface area contributed by atoms with Gasteiger partial charge >= 0.3 is 0 Å². The maximum atomic E-state index is 13.6. The van der Waals surface area contributed by atoms with E-state index >= 15 is 0 Å². The van der Waals surface area contributed by atoms with Crippen molar-refractivity contribution >= 4 is 33.2 Å². The predicted octanol–water partition coefficient (Wildman–Crippen LogP) is 4.87. The Balaban J connectivity index is 2.24. The smallest absolute Gasteiger partial charge is 0.269 e. The van der Waals surface area contributed by atoms with Crippen LogP contribution in [0.4, 0.5) is 14.5 Å². The number of hydrogen-bond donors (Lipinski definition) is 0. The van der Waals surface area contributed by atoms with Gasteiger partial charge in [-0.25, -0.2) is 8.78 Å². The summed E-state index contributed by atoms with van der Waals surface area (Å²) in [6.45, 7) is -0.193. The van der Waals surface area contributed by atoms with Crippen LogP contribution in [-0.2, 0) is 6.61 Å². The number of non-ortho nitro benzene ring substituents is 1. The summed E-state index contributed by atoms with van der Waals surface area (Å²) < 4.78 is 31.9. The predicted molar refractivity (Wildman–Crippen MR) is 76.5 cm³/mol. The third-order valence-electron chi connectivity index (χ3n) is 2.58. The minimum Gasteiger partial charge on any atom is -0.485 e. The highest BCUT2D eigenvalue weighted by molar-refractivity contribution is 9.10. The number of ether oxygens (including phenoxy) is 1. The number of halogens is 4. The Kier molecular flexibility index (Phi) is 4.74. The van der Waals surface area contributed by atoms with E-state index < -0.39 is 16.6 Å². The molecular formula is C13H7BrClF2NO3. The van der Waals surface area contributed by atoms with Crippen molar-refractivity contribution in [2.45, 2.75) is 6.61 Å². The summed E-state index contributed by atoms with van der Waals surface area (Å²) in [5, 5.41) is 10.9. The van der Waals surface area contributed by atoms with Crippen molar-refractivity contribution in [1.29, 1.82) is 0 Å². The van der Waals surface area contributed by atoms with Gasteiger partial charge in [0.25, 0.3) is 5.69 Å². The molecule has 8 heteroatoms. The lowest BCUT2D eigenvalue weighted by atomic mass is 10.2. The summed E-state index contributed by atoms with van der Waals surface area (Å²) in [4.78, 5) is 10.1. The van der Waals surface area contributed by atoms with Crippen molar-refractivity contribution in [3.05, 3.63) is 67.1 Å². The summed E-state index contributed by atoms with van der Waals surface area (Å²) >= 11 is 8.89. The van der Waals surface area contributed by atoms with Crippen LogP contribution in [-0.4, -0.2) is 4.92 Å².